The van der Waals surface area contributed by atoms with Crippen LogP contribution >= 0.6 is 0 Å². The lowest BCUT2D eigenvalue weighted by Crippen LogP contribution is -2.43. The van der Waals surface area contributed by atoms with Gasteiger partial charge >= 0.3 is 5.69 Å². The van der Waals surface area contributed by atoms with E-state index in [0.29, 0.717) is 13.0 Å². The van der Waals surface area contributed by atoms with Gasteiger partial charge in [0, 0.05) is 17.6 Å². The van der Waals surface area contributed by atoms with Crippen LogP contribution in [0.25, 0.3) is 10.8 Å². The molecule has 8 nitrogen and oxygen atoms in total. The van der Waals surface area contributed by atoms with Crippen molar-refractivity contribution in [3.8, 4) is 0 Å². The second-order valence-corrected chi connectivity index (χ2v) is 8.34. The predicted molar refractivity (Wildman–Crippen MR) is 141 cm³/mol. The fourth-order valence-electron chi connectivity index (χ4n) is 4.08. The second kappa shape index (κ2) is 10.7. The van der Waals surface area contributed by atoms with Crippen molar-refractivity contribution in [3.63, 3.8) is 0 Å². The molecule has 0 aliphatic rings. The number of aromatic amines is 1. The highest BCUT2D eigenvalue weighted by atomic mass is 16.2. The molecule has 0 atom stereocenters. The third-order valence-electron chi connectivity index (χ3n) is 5.92. The zero-order valence-corrected chi connectivity index (χ0v) is 19.7. The number of nitrogens with zero attached hydrogens (tertiary/aromatic N) is 2. The molecule has 4 aromatic rings. The van der Waals surface area contributed by atoms with Crippen molar-refractivity contribution in [2.45, 2.75) is 26.3 Å². The average Bonchev–Trinajstić information content (AvgIpc) is 2.87. The van der Waals surface area contributed by atoms with E-state index in [1.807, 2.05) is 79.7 Å². The summed E-state index contributed by atoms with van der Waals surface area (Å²) < 4.78 is 1.29. The number of nitrogen functional groups attached to an aromatic ring is 1. The van der Waals surface area contributed by atoms with Gasteiger partial charge in [-0.05, 0) is 23.4 Å². The summed E-state index contributed by atoms with van der Waals surface area (Å²) in [5.74, 6) is -0.342. The Morgan fingerprint density at radius 2 is 1.71 bits per heavy atom. The van der Waals surface area contributed by atoms with E-state index >= 15 is 0 Å². The standard InChI is InChI=1S/C27H29N5O3/c1-2-3-16-31(23(33)17-29-22-15-9-13-20-12-7-8-14-21(20)22)24-25(28)32(27(35)30-26(24)34)18-19-10-5-4-6-11-19/h4-15,29H,2-3,16-18,28H2,1H3,(H,30,34,35). The van der Waals surface area contributed by atoms with E-state index in [1.54, 1.807) is 0 Å². The molecule has 180 valence electrons. The monoisotopic (exact) mass is 471 g/mol. The fraction of sp³-hybridized carbons (Fsp3) is 0.222. The molecule has 0 spiro atoms. The fourth-order valence-corrected chi connectivity index (χ4v) is 4.08. The van der Waals surface area contributed by atoms with Crippen LogP contribution in [0.4, 0.5) is 17.2 Å². The van der Waals surface area contributed by atoms with Gasteiger partial charge in [0.1, 0.15) is 5.82 Å². The quantitative estimate of drug-likeness (QED) is 0.345. The Morgan fingerprint density at radius 3 is 2.49 bits per heavy atom. The van der Waals surface area contributed by atoms with Gasteiger partial charge in [-0.25, -0.2) is 4.79 Å². The summed E-state index contributed by atoms with van der Waals surface area (Å²) in [7, 11) is 0. The van der Waals surface area contributed by atoms with Crippen LogP contribution in [0.5, 0.6) is 0 Å². The summed E-state index contributed by atoms with van der Waals surface area (Å²) >= 11 is 0. The van der Waals surface area contributed by atoms with Gasteiger partial charge in [-0.3, -0.25) is 19.1 Å². The normalized spacial score (nSPS) is 10.9. The zero-order chi connectivity index (χ0) is 24.8. The SMILES string of the molecule is CCCCN(C(=O)CNc1cccc2ccccc12)c1c(N)n(Cc2ccccc2)c(=O)[nH]c1=O. The number of nitrogens with two attached hydrogens (primary N) is 1. The van der Waals surface area contributed by atoms with E-state index < -0.39 is 11.2 Å². The molecule has 0 saturated heterocycles. The van der Waals surface area contributed by atoms with Crippen molar-refractivity contribution in [2.24, 2.45) is 0 Å². The zero-order valence-electron chi connectivity index (χ0n) is 19.7. The second-order valence-electron chi connectivity index (χ2n) is 8.34. The first kappa shape index (κ1) is 23.8. The number of fused-ring (bicyclic) bond motifs is 1. The number of nitrogens with one attached hydrogen (secondary N) is 2. The Hall–Kier alpha value is -4.33. The molecule has 4 rings (SSSR count). The lowest BCUT2D eigenvalue weighted by molar-refractivity contribution is -0.117. The molecule has 0 bridgehead atoms. The molecule has 1 amide bonds. The highest BCUT2D eigenvalue weighted by Gasteiger charge is 2.24. The minimum atomic E-state index is -0.675. The number of carbonyl (C=O) groups excluding carboxylic acids is 1. The van der Waals surface area contributed by atoms with Crippen LogP contribution in [0.3, 0.4) is 0 Å². The van der Waals surface area contributed by atoms with Gasteiger partial charge in [-0.15, -0.1) is 0 Å². The Labute approximate surface area is 203 Å². The third kappa shape index (κ3) is 5.27. The van der Waals surface area contributed by atoms with Gasteiger partial charge in [-0.2, -0.15) is 0 Å². The van der Waals surface area contributed by atoms with Crippen molar-refractivity contribution >= 4 is 33.9 Å². The lowest BCUT2D eigenvalue weighted by atomic mass is 10.1. The van der Waals surface area contributed by atoms with Crippen LogP contribution in [0, 0.1) is 0 Å². The van der Waals surface area contributed by atoms with E-state index in [2.05, 4.69) is 10.3 Å². The van der Waals surface area contributed by atoms with Crippen LogP contribution in [0.15, 0.2) is 82.4 Å². The Morgan fingerprint density at radius 1 is 1.00 bits per heavy atom. The topological polar surface area (TPSA) is 113 Å². The van der Waals surface area contributed by atoms with E-state index in [1.165, 1.54) is 9.47 Å². The molecule has 0 saturated carbocycles. The van der Waals surface area contributed by atoms with Crippen molar-refractivity contribution in [3.05, 3.63) is 99.2 Å². The number of hydrogen-bond donors (Lipinski definition) is 3. The highest BCUT2D eigenvalue weighted by molar-refractivity contribution is 6.00. The van der Waals surface area contributed by atoms with Crippen LogP contribution in [0.1, 0.15) is 25.3 Å². The molecule has 8 heteroatoms. The van der Waals surface area contributed by atoms with Gasteiger partial charge in [0.25, 0.3) is 5.56 Å². The average molecular weight is 472 g/mol. The number of aromatic nitrogens is 2. The van der Waals surface area contributed by atoms with Crippen LogP contribution in [-0.2, 0) is 11.3 Å². The number of H-pyrrole nitrogens is 1. The number of benzene rings is 3. The van der Waals surface area contributed by atoms with Crippen LogP contribution in [0.2, 0.25) is 0 Å². The maximum atomic E-state index is 13.4. The van der Waals surface area contributed by atoms with Crippen molar-refractivity contribution in [1.82, 2.24) is 9.55 Å². The number of amides is 1. The van der Waals surface area contributed by atoms with Gasteiger partial charge < -0.3 is 16.0 Å². The lowest BCUT2D eigenvalue weighted by Gasteiger charge is -2.25. The maximum absolute atomic E-state index is 13.4. The molecule has 1 heterocycles. The Kier molecular flexibility index (Phi) is 7.30. The Bertz CT molecular complexity index is 1440. The summed E-state index contributed by atoms with van der Waals surface area (Å²) in [5.41, 5.74) is 6.74. The van der Waals surface area contributed by atoms with Gasteiger partial charge in [-0.1, -0.05) is 80.1 Å². The van der Waals surface area contributed by atoms with E-state index in [0.717, 1.165) is 28.4 Å². The minimum Gasteiger partial charge on any atom is -0.383 e. The molecule has 0 fully saturated rings. The smallest absolute Gasteiger partial charge is 0.330 e. The summed E-state index contributed by atoms with van der Waals surface area (Å²) in [4.78, 5) is 42.5. The van der Waals surface area contributed by atoms with E-state index in [9.17, 15) is 14.4 Å². The number of hydrogen-bond acceptors (Lipinski definition) is 5. The van der Waals surface area contributed by atoms with Crippen molar-refractivity contribution < 1.29 is 4.79 Å². The largest absolute Gasteiger partial charge is 0.383 e. The molecule has 0 aliphatic carbocycles. The molecule has 3 aromatic carbocycles. The minimum absolute atomic E-state index is 0.00120. The first-order chi connectivity index (χ1) is 17.0. The number of carbonyl (C=O) groups is 1. The number of unbranched alkanes of at least 4 members (excludes halogenated alkanes) is 1. The van der Waals surface area contributed by atoms with Gasteiger partial charge in [0.05, 0.1) is 13.1 Å². The maximum Gasteiger partial charge on any atom is 0.330 e. The molecule has 35 heavy (non-hydrogen) atoms. The molecule has 1 aromatic heterocycles. The summed E-state index contributed by atoms with van der Waals surface area (Å²) in [6, 6.07) is 23.1. The van der Waals surface area contributed by atoms with Crippen molar-refractivity contribution in [1.29, 1.82) is 0 Å². The predicted octanol–water partition coefficient (Wildman–Crippen LogP) is 3.57. The third-order valence-corrected chi connectivity index (χ3v) is 5.92. The Balaban J connectivity index is 1.65. The number of anilines is 3. The van der Waals surface area contributed by atoms with Crippen molar-refractivity contribution in [2.75, 3.05) is 29.0 Å². The first-order valence-corrected chi connectivity index (χ1v) is 11.7. The first-order valence-electron chi connectivity index (χ1n) is 11.7. The summed E-state index contributed by atoms with van der Waals surface area (Å²) in [5, 5.41) is 5.26. The molecule has 0 unspecified atom stereocenters. The van der Waals surface area contributed by atoms with Crippen LogP contribution in [-0.4, -0.2) is 28.5 Å². The molecule has 4 N–H and O–H groups in total. The highest BCUT2D eigenvalue weighted by Crippen LogP contribution is 2.23. The van der Waals surface area contributed by atoms with E-state index in [4.69, 9.17) is 5.73 Å². The molecule has 0 aliphatic heterocycles. The molecule has 0 radical (unpaired) electrons. The van der Waals surface area contributed by atoms with Crippen LogP contribution < -0.4 is 27.2 Å². The van der Waals surface area contributed by atoms with E-state index in [-0.39, 0.29) is 30.5 Å². The van der Waals surface area contributed by atoms with Gasteiger partial charge in [0.15, 0.2) is 5.69 Å². The molecular formula is C27H29N5O3. The molecular weight excluding hydrogens is 442 g/mol. The summed E-state index contributed by atoms with van der Waals surface area (Å²) in [6.07, 6.45) is 1.50. The number of rotatable bonds is 9. The summed E-state index contributed by atoms with van der Waals surface area (Å²) in [6.45, 7) is 2.46. The van der Waals surface area contributed by atoms with Gasteiger partial charge in [0.2, 0.25) is 5.91 Å².